The van der Waals surface area contributed by atoms with Crippen molar-refractivity contribution < 1.29 is 4.79 Å². The minimum atomic E-state index is -0.425. The van der Waals surface area contributed by atoms with Crippen molar-refractivity contribution in [1.29, 1.82) is 0 Å². The van der Waals surface area contributed by atoms with Crippen LogP contribution < -0.4 is 5.73 Å². The molecule has 0 bridgehead atoms. The lowest BCUT2D eigenvalue weighted by Crippen LogP contribution is -2.13. The van der Waals surface area contributed by atoms with E-state index in [4.69, 9.17) is 10.7 Å². The number of amides is 1. The van der Waals surface area contributed by atoms with Crippen LogP contribution >= 0.6 is 0 Å². The molecule has 4 nitrogen and oxygen atoms in total. The number of hydrogen-bond acceptors (Lipinski definition) is 2. The van der Waals surface area contributed by atoms with E-state index in [0.29, 0.717) is 22.9 Å². The van der Waals surface area contributed by atoms with Crippen molar-refractivity contribution in [3.8, 4) is 0 Å². The zero-order valence-electron chi connectivity index (χ0n) is 13.5. The third-order valence-corrected chi connectivity index (χ3v) is 5.18. The number of aromatic amines is 1. The Balaban J connectivity index is 1.55. The number of fused-ring (bicyclic) bond motifs is 1. The summed E-state index contributed by atoms with van der Waals surface area (Å²) in [4.78, 5) is 19.7. The van der Waals surface area contributed by atoms with Crippen LogP contribution in [0.15, 0.2) is 48.5 Å². The van der Waals surface area contributed by atoms with Crippen LogP contribution in [-0.4, -0.2) is 15.9 Å². The van der Waals surface area contributed by atoms with Gasteiger partial charge < -0.3 is 10.7 Å². The van der Waals surface area contributed by atoms with Gasteiger partial charge in [0.15, 0.2) is 0 Å². The van der Waals surface area contributed by atoms with Crippen LogP contribution in [0.2, 0.25) is 0 Å². The lowest BCUT2D eigenvalue weighted by Gasteiger charge is -2.27. The fourth-order valence-electron chi connectivity index (χ4n) is 3.87. The minimum absolute atomic E-state index is 0.425. The van der Waals surface area contributed by atoms with Crippen LogP contribution in [0.1, 0.15) is 59.3 Å². The van der Waals surface area contributed by atoms with Gasteiger partial charge in [0.05, 0.1) is 11.1 Å². The van der Waals surface area contributed by atoms with Gasteiger partial charge in [-0.05, 0) is 49.3 Å². The Hall–Kier alpha value is -2.62. The second-order valence-corrected chi connectivity index (χ2v) is 6.65. The Morgan fingerprint density at radius 2 is 1.67 bits per heavy atom. The average molecular weight is 319 g/mol. The molecule has 1 saturated carbocycles. The van der Waals surface area contributed by atoms with Crippen LogP contribution in [0.5, 0.6) is 0 Å². The molecule has 1 fully saturated rings. The molecule has 3 N–H and O–H groups in total. The molecular weight excluding hydrogens is 298 g/mol. The largest absolute Gasteiger partial charge is 0.366 e. The van der Waals surface area contributed by atoms with E-state index in [1.54, 1.807) is 6.07 Å². The smallest absolute Gasteiger partial charge is 0.250 e. The van der Waals surface area contributed by atoms with Crippen LogP contribution in [0.25, 0.3) is 11.0 Å². The van der Waals surface area contributed by atoms with E-state index in [1.165, 1.54) is 18.4 Å². The van der Waals surface area contributed by atoms with Gasteiger partial charge in [-0.2, -0.15) is 0 Å². The van der Waals surface area contributed by atoms with Gasteiger partial charge in [0.2, 0.25) is 0 Å². The van der Waals surface area contributed by atoms with Gasteiger partial charge in [-0.15, -0.1) is 0 Å². The van der Waals surface area contributed by atoms with Gasteiger partial charge in [-0.25, -0.2) is 4.98 Å². The summed E-state index contributed by atoms with van der Waals surface area (Å²) in [5.41, 5.74) is 8.99. The zero-order valence-corrected chi connectivity index (χ0v) is 13.5. The van der Waals surface area contributed by atoms with Crippen LogP contribution in [-0.2, 0) is 0 Å². The van der Waals surface area contributed by atoms with E-state index >= 15 is 0 Å². The van der Waals surface area contributed by atoms with E-state index in [2.05, 4.69) is 35.3 Å². The highest BCUT2D eigenvalue weighted by atomic mass is 16.1. The number of benzene rings is 2. The molecule has 4 rings (SSSR count). The van der Waals surface area contributed by atoms with Gasteiger partial charge in [-0.1, -0.05) is 36.4 Å². The van der Waals surface area contributed by atoms with E-state index in [9.17, 15) is 4.79 Å². The van der Waals surface area contributed by atoms with Crippen molar-refractivity contribution in [3.05, 3.63) is 65.5 Å². The molecule has 3 aromatic rings. The van der Waals surface area contributed by atoms with Gasteiger partial charge >= 0.3 is 0 Å². The van der Waals surface area contributed by atoms with Crippen molar-refractivity contribution >= 4 is 16.9 Å². The van der Waals surface area contributed by atoms with Gasteiger partial charge in [0.1, 0.15) is 11.3 Å². The summed E-state index contributed by atoms with van der Waals surface area (Å²) < 4.78 is 0. The van der Waals surface area contributed by atoms with Gasteiger partial charge in [0.25, 0.3) is 5.91 Å². The van der Waals surface area contributed by atoms with Crippen LogP contribution in [0.4, 0.5) is 0 Å². The summed E-state index contributed by atoms with van der Waals surface area (Å²) in [5, 5.41) is 0. The maximum absolute atomic E-state index is 11.6. The van der Waals surface area contributed by atoms with Crippen molar-refractivity contribution in [2.75, 3.05) is 0 Å². The number of hydrogen-bond donors (Lipinski definition) is 2. The van der Waals surface area contributed by atoms with Crippen LogP contribution in [0.3, 0.4) is 0 Å². The summed E-state index contributed by atoms with van der Waals surface area (Å²) >= 11 is 0. The molecule has 2 aromatic carbocycles. The first-order valence-electron chi connectivity index (χ1n) is 8.56. The van der Waals surface area contributed by atoms with E-state index in [1.807, 2.05) is 12.1 Å². The van der Waals surface area contributed by atoms with Gasteiger partial charge in [0, 0.05) is 5.92 Å². The Morgan fingerprint density at radius 3 is 2.38 bits per heavy atom. The SMILES string of the molecule is NC(=O)c1cccc2[nH]c(C3CCC(c4ccccc4)CC3)nc12. The molecule has 1 aliphatic rings. The lowest BCUT2D eigenvalue weighted by atomic mass is 9.78. The summed E-state index contributed by atoms with van der Waals surface area (Å²) in [7, 11) is 0. The molecule has 122 valence electrons. The van der Waals surface area contributed by atoms with Crippen molar-refractivity contribution in [2.24, 2.45) is 5.73 Å². The molecule has 0 atom stereocenters. The molecule has 1 aromatic heterocycles. The highest BCUT2D eigenvalue weighted by Crippen LogP contribution is 2.40. The van der Waals surface area contributed by atoms with Crippen molar-refractivity contribution in [1.82, 2.24) is 9.97 Å². The number of nitrogens with zero attached hydrogens (tertiary/aromatic N) is 1. The summed E-state index contributed by atoms with van der Waals surface area (Å²) in [5.74, 6) is 1.64. The Morgan fingerprint density at radius 1 is 0.958 bits per heavy atom. The first kappa shape index (κ1) is 14.9. The number of primary amides is 1. The topological polar surface area (TPSA) is 71.8 Å². The predicted molar refractivity (Wildman–Crippen MR) is 95.0 cm³/mol. The second-order valence-electron chi connectivity index (χ2n) is 6.65. The molecule has 24 heavy (non-hydrogen) atoms. The summed E-state index contributed by atoms with van der Waals surface area (Å²) in [6.45, 7) is 0. The van der Waals surface area contributed by atoms with Crippen molar-refractivity contribution in [2.45, 2.75) is 37.5 Å². The Bertz CT molecular complexity index is 861. The standard InChI is InChI=1S/C20H21N3O/c21-19(24)16-7-4-8-17-18(16)23-20(22-17)15-11-9-14(10-12-15)13-5-2-1-3-6-13/h1-8,14-15H,9-12H2,(H2,21,24)(H,22,23). The zero-order chi connectivity index (χ0) is 16.5. The number of carbonyl (C=O) groups excluding carboxylic acids is 1. The molecular formula is C20H21N3O. The number of H-pyrrole nitrogens is 1. The van der Waals surface area contributed by atoms with E-state index in [0.717, 1.165) is 24.2 Å². The fraction of sp³-hybridized carbons (Fsp3) is 0.300. The molecule has 4 heteroatoms. The Kier molecular flexibility index (Phi) is 3.81. The molecule has 0 radical (unpaired) electrons. The van der Waals surface area contributed by atoms with Gasteiger partial charge in [-0.3, -0.25) is 4.79 Å². The number of carbonyl (C=O) groups is 1. The number of rotatable bonds is 3. The quantitative estimate of drug-likeness (QED) is 0.763. The first-order valence-corrected chi connectivity index (χ1v) is 8.56. The predicted octanol–water partition coefficient (Wildman–Crippen LogP) is 4.10. The third kappa shape index (κ3) is 2.68. The number of aromatic nitrogens is 2. The number of nitrogens with two attached hydrogens (primary N) is 1. The lowest BCUT2D eigenvalue weighted by molar-refractivity contribution is 0.100. The maximum atomic E-state index is 11.6. The first-order chi connectivity index (χ1) is 11.7. The number of nitrogens with one attached hydrogen (secondary N) is 1. The summed E-state index contributed by atoms with van der Waals surface area (Å²) in [6.07, 6.45) is 4.58. The molecule has 1 aliphatic carbocycles. The third-order valence-electron chi connectivity index (χ3n) is 5.18. The van der Waals surface area contributed by atoms with Crippen LogP contribution in [0, 0.1) is 0 Å². The van der Waals surface area contributed by atoms with E-state index in [-0.39, 0.29) is 0 Å². The molecule has 1 heterocycles. The fourth-order valence-corrected chi connectivity index (χ4v) is 3.87. The Labute approximate surface area is 141 Å². The normalized spacial score (nSPS) is 21.0. The molecule has 0 saturated heterocycles. The highest BCUT2D eigenvalue weighted by molar-refractivity contribution is 6.04. The molecule has 0 aliphatic heterocycles. The minimum Gasteiger partial charge on any atom is -0.366 e. The van der Waals surface area contributed by atoms with E-state index < -0.39 is 5.91 Å². The highest BCUT2D eigenvalue weighted by Gasteiger charge is 2.25. The molecule has 1 amide bonds. The number of para-hydroxylation sites is 1. The molecule has 0 spiro atoms. The van der Waals surface area contributed by atoms with Crippen molar-refractivity contribution in [3.63, 3.8) is 0 Å². The summed E-state index contributed by atoms with van der Waals surface area (Å²) in [6, 6.07) is 16.3. The maximum Gasteiger partial charge on any atom is 0.250 e. The number of imidazole rings is 1. The second kappa shape index (κ2) is 6.11. The molecule has 0 unspecified atom stereocenters. The monoisotopic (exact) mass is 319 g/mol. The average Bonchev–Trinajstić information content (AvgIpc) is 3.06.